The summed E-state index contributed by atoms with van der Waals surface area (Å²) in [6, 6.07) is 23.8. The molecule has 0 unspecified atom stereocenters. The average molecular weight is 479 g/mol. The number of benzene rings is 2. The molecule has 5 heteroatoms. The summed E-state index contributed by atoms with van der Waals surface area (Å²) in [6.45, 7) is 8.23. The summed E-state index contributed by atoms with van der Waals surface area (Å²) >= 11 is 1.79. The van der Waals surface area contributed by atoms with Gasteiger partial charge in [-0.15, -0.1) is 11.3 Å². The summed E-state index contributed by atoms with van der Waals surface area (Å²) in [5.74, 6) is 1.16. The fraction of sp³-hybridized carbons (Fsp3) is 0.267. The summed E-state index contributed by atoms with van der Waals surface area (Å²) in [5.41, 5.74) is 8.11. The van der Waals surface area contributed by atoms with Crippen LogP contribution >= 0.6 is 11.3 Å². The molecule has 176 valence electrons. The van der Waals surface area contributed by atoms with E-state index >= 15 is 0 Å². The van der Waals surface area contributed by atoms with Gasteiger partial charge in [-0.3, -0.25) is 4.40 Å². The first-order valence-electron chi connectivity index (χ1n) is 12.3. The van der Waals surface area contributed by atoms with Gasteiger partial charge in [0.25, 0.3) is 0 Å². The molecule has 0 atom stereocenters. The van der Waals surface area contributed by atoms with E-state index in [0.717, 1.165) is 60.4 Å². The molecule has 0 N–H and O–H groups in total. The molecule has 0 amide bonds. The summed E-state index contributed by atoms with van der Waals surface area (Å²) in [5, 5.41) is 12.4. The Hall–Kier alpha value is -3.62. The Kier molecular flexibility index (Phi) is 6.57. The van der Waals surface area contributed by atoms with E-state index in [9.17, 15) is 5.26 Å². The fourth-order valence-electron chi connectivity index (χ4n) is 4.82. The second-order valence-corrected chi connectivity index (χ2v) is 10.2. The Morgan fingerprint density at radius 1 is 1.03 bits per heavy atom. The van der Waals surface area contributed by atoms with Crippen molar-refractivity contribution in [3.63, 3.8) is 0 Å². The Morgan fingerprint density at radius 2 is 1.83 bits per heavy atom. The van der Waals surface area contributed by atoms with E-state index in [-0.39, 0.29) is 0 Å². The van der Waals surface area contributed by atoms with Crippen molar-refractivity contribution in [1.29, 1.82) is 5.26 Å². The lowest BCUT2D eigenvalue weighted by Gasteiger charge is -2.29. The SMILES string of the molecule is CCCCN(Cc1cccs1)c1c(Cc2ccc(C)cc2)c(C)c(C#N)c2nc3ccccc3n12. The second kappa shape index (κ2) is 9.93. The van der Waals surface area contributed by atoms with Crippen LogP contribution in [0.5, 0.6) is 0 Å². The van der Waals surface area contributed by atoms with Gasteiger partial charge in [-0.2, -0.15) is 5.26 Å². The zero-order chi connectivity index (χ0) is 24.4. The zero-order valence-electron chi connectivity index (χ0n) is 20.6. The summed E-state index contributed by atoms with van der Waals surface area (Å²) in [6.07, 6.45) is 2.99. The van der Waals surface area contributed by atoms with Gasteiger partial charge in [-0.05, 0) is 55.0 Å². The van der Waals surface area contributed by atoms with Crippen LogP contribution in [0.15, 0.2) is 66.0 Å². The predicted molar refractivity (Wildman–Crippen MR) is 146 cm³/mol. The van der Waals surface area contributed by atoms with Crippen molar-refractivity contribution in [2.75, 3.05) is 11.4 Å². The summed E-state index contributed by atoms with van der Waals surface area (Å²) in [4.78, 5) is 8.79. The topological polar surface area (TPSA) is 44.3 Å². The molecule has 3 aromatic heterocycles. The van der Waals surface area contributed by atoms with Gasteiger partial charge in [-0.25, -0.2) is 4.98 Å². The third-order valence-corrected chi connectivity index (χ3v) is 7.58. The number of imidazole rings is 1. The highest BCUT2D eigenvalue weighted by molar-refractivity contribution is 7.09. The molecule has 0 saturated carbocycles. The van der Waals surface area contributed by atoms with Crippen molar-refractivity contribution in [2.24, 2.45) is 0 Å². The molecule has 0 aliphatic heterocycles. The van der Waals surface area contributed by atoms with E-state index < -0.39 is 0 Å². The van der Waals surface area contributed by atoms with Crippen LogP contribution in [0.25, 0.3) is 16.7 Å². The number of rotatable bonds is 8. The molecule has 0 fully saturated rings. The smallest absolute Gasteiger partial charge is 0.157 e. The van der Waals surface area contributed by atoms with Crippen molar-refractivity contribution in [2.45, 2.75) is 46.6 Å². The van der Waals surface area contributed by atoms with Crippen molar-refractivity contribution in [1.82, 2.24) is 9.38 Å². The number of aromatic nitrogens is 2. The van der Waals surface area contributed by atoms with Crippen molar-refractivity contribution < 1.29 is 0 Å². The third-order valence-electron chi connectivity index (χ3n) is 6.72. The first-order chi connectivity index (χ1) is 17.1. The number of thiophene rings is 1. The lowest BCUT2D eigenvalue weighted by molar-refractivity contribution is 0.704. The number of aryl methyl sites for hydroxylation is 1. The van der Waals surface area contributed by atoms with Crippen molar-refractivity contribution in [3.05, 3.63) is 98.7 Å². The Balaban J connectivity index is 1.82. The van der Waals surface area contributed by atoms with E-state index in [1.807, 2.05) is 12.1 Å². The average Bonchev–Trinajstić information content (AvgIpc) is 3.52. The molecule has 5 rings (SSSR count). The highest BCUT2D eigenvalue weighted by atomic mass is 32.1. The molecule has 2 aromatic carbocycles. The van der Waals surface area contributed by atoms with Crippen LogP contribution in [0.2, 0.25) is 0 Å². The number of nitriles is 1. The van der Waals surface area contributed by atoms with Gasteiger partial charge >= 0.3 is 0 Å². The van der Waals surface area contributed by atoms with Gasteiger partial charge in [0.1, 0.15) is 11.9 Å². The number of para-hydroxylation sites is 2. The fourth-order valence-corrected chi connectivity index (χ4v) is 5.54. The molecule has 0 spiro atoms. The number of unbranched alkanes of at least 4 members (excludes halogenated alkanes) is 1. The molecular weight excluding hydrogens is 448 g/mol. The molecule has 0 aliphatic carbocycles. The van der Waals surface area contributed by atoms with Crippen LogP contribution in [0.1, 0.15) is 52.5 Å². The van der Waals surface area contributed by atoms with Gasteiger partial charge in [0.05, 0.1) is 23.1 Å². The Labute approximate surface area is 211 Å². The minimum absolute atomic E-state index is 0.665. The Morgan fingerprint density at radius 3 is 2.54 bits per heavy atom. The Bertz CT molecular complexity index is 1500. The van der Waals surface area contributed by atoms with Crippen LogP contribution in [0.3, 0.4) is 0 Å². The minimum atomic E-state index is 0.665. The number of hydrogen-bond donors (Lipinski definition) is 0. The monoisotopic (exact) mass is 478 g/mol. The lowest BCUT2D eigenvalue weighted by atomic mass is 9.96. The summed E-state index contributed by atoms with van der Waals surface area (Å²) in [7, 11) is 0. The van der Waals surface area contributed by atoms with Crippen LogP contribution < -0.4 is 4.90 Å². The maximum atomic E-state index is 10.2. The second-order valence-electron chi connectivity index (χ2n) is 9.19. The van der Waals surface area contributed by atoms with Crippen molar-refractivity contribution >= 4 is 33.8 Å². The molecule has 0 bridgehead atoms. The number of hydrogen-bond acceptors (Lipinski definition) is 4. The van der Waals surface area contributed by atoms with Gasteiger partial charge < -0.3 is 4.90 Å². The van der Waals surface area contributed by atoms with E-state index in [4.69, 9.17) is 4.98 Å². The molecule has 4 nitrogen and oxygen atoms in total. The van der Waals surface area contributed by atoms with E-state index in [2.05, 4.69) is 90.1 Å². The van der Waals surface area contributed by atoms with Gasteiger partial charge in [0.2, 0.25) is 0 Å². The predicted octanol–water partition coefficient (Wildman–Crippen LogP) is 7.44. The molecule has 5 aromatic rings. The number of pyridine rings is 1. The maximum absolute atomic E-state index is 10.2. The van der Waals surface area contributed by atoms with Gasteiger partial charge in [-0.1, -0.05) is 61.4 Å². The lowest BCUT2D eigenvalue weighted by Crippen LogP contribution is -2.28. The third kappa shape index (κ3) is 4.42. The molecular formula is C30H30N4S. The largest absolute Gasteiger partial charge is 0.352 e. The molecule has 0 saturated heterocycles. The maximum Gasteiger partial charge on any atom is 0.157 e. The molecule has 0 aliphatic rings. The minimum Gasteiger partial charge on any atom is -0.352 e. The number of fused-ring (bicyclic) bond motifs is 3. The van der Waals surface area contributed by atoms with Gasteiger partial charge in [0.15, 0.2) is 5.65 Å². The van der Waals surface area contributed by atoms with Crippen LogP contribution in [-0.2, 0) is 13.0 Å². The molecule has 3 heterocycles. The number of nitrogens with zero attached hydrogens (tertiary/aromatic N) is 4. The molecule has 35 heavy (non-hydrogen) atoms. The van der Waals surface area contributed by atoms with E-state index in [1.165, 1.54) is 21.6 Å². The first kappa shape index (κ1) is 23.1. The summed E-state index contributed by atoms with van der Waals surface area (Å²) < 4.78 is 2.24. The van der Waals surface area contributed by atoms with E-state index in [1.54, 1.807) is 11.3 Å². The van der Waals surface area contributed by atoms with Crippen LogP contribution in [0, 0.1) is 25.2 Å². The zero-order valence-corrected chi connectivity index (χ0v) is 21.4. The first-order valence-corrected chi connectivity index (χ1v) is 13.1. The van der Waals surface area contributed by atoms with Crippen LogP contribution in [-0.4, -0.2) is 15.9 Å². The van der Waals surface area contributed by atoms with E-state index in [0.29, 0.717) is 5.56 Å². The highest BCUT2D eigenvalue weighted by Gasteiger charge is 2.24. The highest BCUT2D eigenvalue weighted by Crippen LogP contribution is 2.36. The van der Waals surface area contributed by atoms with Gasteiger partial charge in [0, 0.05) is 23.4 Å². The molecule has 0 radical (unpaired) electrons. The van der Waals surface area contributed by atoms with Crippen molar-refractivity contribution in [3.8, 4) is 6.07 Å². The standard InChI is InChI=1S/C30H30N4S/c1-4-5-16-33(20-24-9-8-17-35-24)30-25(18-23-14-12-21(2)13-15-23)22(3)26(19-31)29-32-27-10-6-7-11-28(27)34(29)30/h6-15,17H,4-5,16,18,20H2,1-3H3. The number of anilines is 1. The van der Waals surface area contributed by atoms with Crippen LogP contribution in [0.4, 0.5) is 5.82 Å². The normalized spacial score (nSPS) is 11.3. The quantitative estimate of drug-likeness (QED) is 0.233.